The molecule has 5 heteroatoms. The van der Waals surface area contributed by atoms with Crippen LogP contribution in [0.5, 0.6) is 5.75 Å². The molecule has 0 aliphatic rings. The second-order valence-corrected chi connectivity index (χ2v) is 5.41. The van der Waals surface area contributed by atoms with Gasteiger partial charge in [0.1, 0.15) is 5.75 Å². The van der Waals surface area contributed by atoms with Crippen molar-refractivity contribution in [1.82, 2.24) is 0 Å². The van der Waals surface area contributed by atoms with Crippen molar-refractivity contribution in [1.29, 1.82) is 0 Å². The van der Waals surface area contributed by atoms with Gasteiger partial charge in [0.05, 0.1) is 0 Å². The average Bonchev–Trinajstić information content (AvgIpc) is 2.49. The van der Waals surface area contributed by atoms with E-state index in [0.29, 0.717) is 22.6 Å². The molecule has 5 nitrogen and oxygen atoms in total. The van der Waals surface area contributed by atoms with E-state index in [0.717, 1.165) is 5.56 Å². The summed E-state index contributed by atoms with van der Waals surface area (Å²) in [6.45, 7) is 5.36. The van der Waals surface area contributed by atoms with E-state index in [9.17, 15) is 9.59 Å². The number of anilines is 1. The second-order valence-electron chi connectivity index (χ2n) is 5.41. The fraction of sp³-hybridized carbons (Fsp3) is 0.222. The minimum absolute atomic E-state index is 0.295. The Morgan fingerprint density at radius 1 is 1.13 bits per heavy atom. The number of nitrogens with one attached hydrogen (secondary N) is 1. The molecule has 120 valence electrons. The van der Waals surface area contributed by atoms with Crippen LogP contribution in [-0.2, 0) is 4.79 Å². The van der Waals surface area contributed by atoms with Gasteiger partial charge in [-0.15, -0.1) is 0 Å². The predicted molar refractivity (Wildman–Crippen MR) is 89.6 cm³/mol. The van der Waals surface area contributed by atoms with Gasteiger partial charge in [0.2, 0.25) is 5.91 Å². The van der Waals surface area contributed by atoms with Crippen molar-refractivity contribution >= 4 is 17.5 Å². The smallest absolute Gasteiger partial charge is 0.265 e. The van der Waals surface area contributed by atoms with Gasteiger partial charge in [0, 0.05) is 11.3 Å². The molecule has 0 spiro atoms. The minimum Gasteiger partial charge on any atom is -0.481 e. The number of hydrogen-bond acceptors (Lipinski definition) is 3. The number of aryl methyl sites for hydroxylation is 1. The third kappa shape index (κ3) is 4.10. The quantitative estimate of drug-likeness (QED) is 0.890. The molecule has 1 atom stereocenters. The summed E-state index contributed by atoms with van der Waals surface area (Å²) < 4.78 is 5.64. The van der Waals surface area contributed by atoms with Crippen LogP contribution in [0.4, 0.5) is 5.69 Å². The Morgan fingerprint density at radius 2 is 1.83 bits per heavy atom. The van der Waals surface area contributed by atoms with Gasteiger partial charge in [-0.3, -0.25) is 9.59 Å². The van der Waals surface area contributed by atoms with Crippen molar-refractivity contribution in [3.05, 3.63) is 59.2 Å². The van der Waals surface area contributed by atoms with Crippen LogP contribution >= 0.6 is 0 Å². The van der Waals surface area contributed by atoms with Gasteiger partial charge < -0.3 is 15.8 Å². The van der Waals surface area contributed by atoms with Crippen LogP contribution < -0.4 is 15.8 Å². The molecule has 2 rings (SSSR count). The molecule has 2 amide bonds. The molecule has 0 bridgehead atoms. The molecule has 0 saturated carbocycles. The highest BCUT2D eigenvalue weighted by Gasteiger charge is 2.17. The fourth-order valence-electron chi connectivity index (χ4n) is 2.22. The first kappa shape index (κ1) is 16.5. The first-order chi connectivity index (χ1) is 10.9. The Kier molecular flexibility index (Phi) is 5.01. The van der Waals surface area contributed by atoms with E-state index in [2.05, 4.69) is 5.32 Å². The number of amides is 2. The van der Waals surface area contributed by atoms with Crippen molar-refractivity contribution in [2.24, 2.45) is 5.73 Å². The molecule has 2 aromatic rings. The highest BCUT2D eigenvalue weighted by atomic mass is 16.5. The molecule has 1 unspecified atom stereocenters. The zero-order chi connectivity index (χ0) is 17.0. The van der Waals surface area contributed by atoms with E-state index in [1.54, 1.807) is 38.1 Å². The zero-order valence-electron chi connectivity index (χ0n) is 13.4. The summed E-state index contributed by atoms with van der Waals surface area (Å²) in [5.74, 6) is -0.186. The molecular formula is C18H20N2O3. The number of carbonyl (C=O) groups is 2. The lowest BCUT2D eigenvalue weighted by Crippen LogP contribution is -2.30. The van der Waals surface area contributed by atoms with Crippen molar-refractivity contribution in [2.75, 3.05) is 5.32 Å². The zero-order valence-corrected chi connectivity index (χ0v) is 13.4. The average molecular weight is 312 g/mol. The van der Waals surface area contributed by atoms with E-state index in [-0.39, 0.29) is 5.91 Å². The van der Waals surface area contributed by atoms with Gasteiger partial charge in [0.15, 0.2) is 6.10 Å². The maximum absolute atomic E-state index is 12.3. The molecular weight excluding hydrogens is 292 g/mol. The van der Waals surface area contributed by atoms with Crippen LogP contribution in [-0.4, -0.2) is 17.9 Å². The number of primary amides is 1. The number of benzene rings is 2. The first-order valence-corrected chi connectivity index (χ1v) is 7.32. The number of nitrogens with two attached hydrogens (primary N) is 1. The Bertz CT molecular complexity index is 741. The monoisotopic (exact) mass is 312 g/mol. The van der Waals surface area contributed by atoms with Gasteiger partial charge in [-0.05, 0) is 56.2 Å². The number of rotatable bonds is 5. The largest absolute Gasteiger partial charge is 0.481 e. The van der Waals surface area contributed by atoms with Gasteiger partial charge in [0.25, 0.3) is 5.91 Å². The van der Waals surface area contributed by atoms with Gasteiger partial charge in [-0.2, -0.15) is 0 Å². The second kappa shape index (κ2) is 6.96. The van der Waals surface area contributed by atoms with E-state index in [1.807, 2.05) is 25.1 Å². The molecule has 0 fully saturated rings. The van der Waals surface area contributed by atoms with Crippen LogP contribution in [0.15, 0.2) is 42.5 Å². The van der Waals surface area contributed by atoms with Crippen LogP contribution in [0.3, 0.4) is 0 Å². The van der Waals surface area contributed by atoms with Gasteiger partial charge >= 0.3 is 0 Å². The third-order valence-corrected chi connectivity index (χ3v) is 3.53. The lowest BCUT2D eigenvalue weighted by Gasteiger charge is -2.16. The number of hydrogen-bond donors (Lipinski definition) is 2. The van der Waals surface area contributed by atoms with E-state index in [4.69, 9.17) is 10.5 Å². The van der Waals surface area contributed by atoms with Crippen molar-refractivity contribution in [3.8, 4) is 5.75 Å². The summed E-state index contributed by atoms with van der Waals surface area (Å²) in [6.07, 6.45) is -0.673. The predicted octanol–water partition coefficient (Wildman–Crippen LogP) is 2.81. The molecule has 0 saturated heterocycles. The third-order valence-electron chi connectivity index (χ3n) is 3.53. The summed E-state index contributed by atoms with van der Waals surface area (Å²) in [6, 6.07) is 12.5. The summed E-state index contributed by atoms with van der Waals surface area (Å²) in [5, 5.41) is 2.77. The van der Waals surface area contributed by atoms with E-state index >= 15 is 0 Å². The van der Waals surface area contributed by atoms with Crippen LogP contribution in [0, 0.1) is 13.8 Å². The summed E-state index contributed by atoms with van der Waals surface area (Å²) in [4.78, 5) is 23.6. The Hall–Kier alpha value is -2.82. The number of carbonyl (C=O) groups excluding carboxylic acids is 2. The first-order valence-electron chi connectivity index (χ1n) is 7.32. The highest BCUT2D eigenvalue weighted by molar-refractivity contribution is 5.99. The van der Waals surface area contributed by atoms with Crippen molar-refractivity contribution in [2.45, 2.75) is 26.9 Å². The summed E-state index contributed by atoms with van der Waals surface area (Å²) in [5.41, 5.74) is 7.94. The minimum atomic E-state index is -0.673. The van der Waals surface area contributed by atoms with Crippen LogP contribution in [0.1, 0.15) is 28.4 Å². The van der Waals surface area contributed by atoms with E-state index in [1.165, 1.54) is 0 Å². The topological polar surface area (TPSA) is 81.4 Å². The molecule has 0 aliphatic heterocycles. The van der Waals surface area contributed by atoms with Crippen molar-refractivity contribution in [3.63, 3.8) is 0 Å². The molecule has 0 aromatic heterocycles. The molecule has 23 heavy (non-hydrogen) atoms. The molecule has 0 radical (unpaired) electrons. The van der Waals surface area contributed by atoms with Crippen LogP contribution in [0.2, 0.25) is 0 Å². The van der Waals surface area contributed by atoms with Crippen LogP contribution in [0.25, 0.3) is 0 Å². The van der Waals surface area contributed by atoms with E-state index < -0.39 is 12.0 Å². The Morgan fingerprint density at radius 3 is 2.48 bits per heavy atom. The standard InChI is InChI=1S/C18H20N2O3/c1-11-6-4-7-14(10-11)23-13(3)18(22)20-16-9-5-8-15(12(16)2)17(19)21/h4-10,13H,1-3H3,(H2,19,21)(H,20,22). The molecule has 0 aliphatic carbocycles. The van der Waals surface area contributed by atoms with Gasteiger partial charge in [-0.25, -0.2) is 0 Å². The number of ether oxygens (including phenoxy) is 1. The lowest BCUT2D eigenvalue weighted by atomic mass is 10.1. The maximum atomic E-state index is 12.3. The van der Waals surface area contributed by atoms with Gasteiger partial charge in [-0.1, -0.05) is 18.2 Å². The Balaban J connectivity index is 2.10. The highest BCUT2D eigenvalue weighted by Crippen LogP contribution is 2.20. The summed E-state index contributed by atoms with van der Waals surface area (Å²) >= 11 is 0. The fourth-order valence-corrected chi connectivity index (χ4v) is 2.22. The van der Waals surface area contributed by atoms with Crippen molar-refractivity contribution < 1.29 is 14.3 Å². The Labute approximate surface area is 135 Å². The molecule has 0 heterocycles. The summed E-state index contributed by atoms with van der Waals surface area (Å²) in [7, 11) is 0. The maximum Gasteiger partial charge on any atom is 0.265 e. The normalized spacial score (nSPS) is 11.6. The SMILES string of the molecule is Cc1cccc(OC(C)C(=O)Nc2cccc(C(N)=O)c2C)c1. The molecule has 2 aromatic carbocycles. The lowest BCUT2D eigenvalue weighted by molar-refractivity contribution is -0.122. The molecule has 3 N–H and O–H groups in total.